The van der Waals surface area contributed by atoms with Crippen LogP contribution in [0.5, 0.6) is 5.75 Å². The van der Waals surface area contributed by atoms with Gasteiger partial charge in [-0.1, -0.05) is 6.92 Å². The van der Waals surface area contributed by atoms with Gasteiger partial charge in [-0.15, -0.1) is 0 Å². The summed E-state index contributed by atoms with van der Waals surface area (Å²) >= 11 is 0. The van der Waals surface area contributed by atoms with Crippen molar-refractivity contribution in [1.82, 2.24) is 15.0 Å². The van der Waals surface area contributed by atoms with Crippen molar-refractivity contribution in [3.8, 4) is 5.75 Å². The Morgan fingerprint density at radius 1 is 0.979 bits per heavy atom. The number of aromatic nitrogens is 3. The summed E-state index contributed by atoms with van der Waals surface area (Å²) in [5.74, 6) is -0.431. The van der Waals surface area contributed by atoms with Crippen LogP contribution in [0.1, 0.15) is 80.6 Å². The second-order valence-corrected chi connectivity index (χ2v) is 10.8. The maximum absolute atomic E-state index is 13.6. The average molecular weight is 684 g/mol. The first-order valence-electron chi connectivity index (χ1n) is 15.3. The minimum atomic E-state index is -5.03. The number of benzene rings is 1. The van der Waals surface area contributed by atoms with Crippen LogP contribution in [-0.4, -0.2) is 52.9 Å². The smallest absolute Gasteiger partial charge is 0.416 e. The molecule has 10 nitrogen and oxygen atoms in total. The lowest BCUT2D eigenvalue weighted by Crippen LogP contribution is -2.46. The fourth-order valence-electron chi connectivity index (χ4n) is 5.31. The van der Waals surface area contributed by atoms with Gasteiger partial charge < -0.3 is 19.5 Å². The van der Waals surface area contributed by atoms with Crippen LogP contribution in [0, 0.1) is 0 Å². The molecule has 0 saturated heterocycles. The highest BCUT2D eigenvalue weighted by atomic mass is 19.4. The Morgan fingerprint density at radius 2 is 1.67 bits per heavy atom. The normalized spacial score (nSPS) is 16.2. The lowest BCUT2D eigenvalue weighted by molar-refractivity contribution is -0.144. The third kappa shape index (κ3) is 9.04. The molecule has 0 aliphatic carbocycles. The van der Waals surface area contributed by atoms with E-state index in [-0.39, 0.29) is 67.7 Å². The minimum Gasteiger partial charge on any atom is -0.490 e. The van der Waals surface area contributed by atoms with Crippen molar-refractivity contribution >= 4 is 23.7 Å². The highest BCUT2D eigenvalue weighted by Gasteiger charge is 2.38. The summed E-state index contributed by atoms with van der Waals surface area (Å²) < 4.78 is 97.5. The molecule has 0 fully saturated rings. The highest BCUT2D eigenvalue weighted by molar-refractivity contribution is 5.90. The van der Waals surface area contributed by atoms with Crippen molar-refractivity contribution in [2.24, 2.45) is 0 Å². The maximum atomic E-state index is 13.6. The molecule has 0 saturated carbocycles. The van der Waals surface area contributed by atoms with Gasteiger partial charge in [-0.2, -0.15) is 26.3 Å². The first-order valence-corrected chi connectivity index (χ1v) is 15.3. The number of fused-ring (bicyclic) bond motifs is 1. The molecule has 48 heavy (non-hydrogen) atoms. The number of nitrogens with zero attached hydrogens (tertiary/aromatic N) is 4. The topological polar surface area (TPSA) is 116 Å². The summed E-state index contributed by atoms with van der Waals surface area (Å²) in [6.45, 7) is 5.61. The summed E-state index contributed by atoms with van der Waals surface area (Å²) in [5.41, 5.74) is -2.21. The second kappa shape index (κ2) is 15.5. The van der Waals surface area contributed by atoms with E-state index in [2.05, 4.69) is 20.3 Å². The molecule has 3 aromatic rings. The van der Waals surface area contributed by atoms with Crippen molar-refractivity contribution < 1.29 is 50.1 Å². The third-order valence-electron chi connectivity index (χ3n) is 7.45. The van der Waals surface area contributed by atoms with Crippen molar-refractivity contribution in [1.29, 1.82) is 0 Å². The molecule has 0 unspecified atom stereocenters. The van der Waals surface area contributed by atoms with E-state index in [1.165, 1.54) is 11.1 Å². The van der Waals surface area contributed by atoms with E-state index in [1.54, 1.807) is 32.2 Å². The Kier molecular flexibility index (Phi) is 11.7. The van der Waals surface area contributed by atoms with Crippen LogP contribution >= 0.6 is 0 Å². The highest BCUT2D eigenvalue weighted by Crippen LogP contribution is 2.40. The molecule has 1 aliphatic rings. The molecule has 1 N–H and O–H groups in total. The number of ether oxygens (including phenoxy) is 3. The van der Waals surface area contributed by atoms with Gasteiger partial charge in [0.25, 0.3) is 0 Å². The average Bonchev–Trinajstić information content (AvgIpc) is 3.03. The summed E-state index contributed by atoms with van der Waals surface area (Å²) in [6, 6.07) is 3.89. The number of rotatable bonds is 12. The number of esters is 1. The Balaban J connectivity index is 1.69. The van der Waals surface area contributed by atoms with Crippen LogP contribution in [0.25, 0.3) is 0 Å². The van der Waals surface area contributed by atoms with Crippen molar-refractivity contribution in [2.75, 3.05) is 30.0 Å². The Hall–Kier alpha value is -4.63. The largest absolute Gasteiger partial charge is 0.490 e. The van der Waals surface area contributed by atoms with Crippen molar-refractivity contribution in [2.45, 2.75) is 77.3 Å². The molecule has 3 heterocycles. The Morgan fingerprint density at radius 3 is 2.29 bits per heavy atom. The molecular weight excluding hydrogens is 648 g/mol. The standard InChI is InChI=1S/C32H35F6N5O5/c1-4-22-17-24(28-25(9-7-11-39-28)43(22)30(45)47-6-3)42-29-40-18-26(48-12-8-10-27(44)46-5-2)23(41-29)15-19-13-20(31(33,34)35)16-21(14-19)32(36,37)38/h7,9,11,13-14,16,18,22,24H,4-6,8,10,12,15,17H2,1-3H3,(H,40,41,42)/t22-,24+/m1/s1. The SMILES string of the molecule is CCOC(=O)CCCOc1cnc(N[C@H]2C[C@@H](CC)N(C(=O)OCC)c3cccnc32)nc1Cc1cc(C(F)(F)F)cc(C(F)(F)F)c1. The summed E-state index contributed by atoms with van der Waals surface area (Å²) in [7, 11) is 0. The van der Waals surface area contributed by atoms with E-state index in [9.17, 15) is 35.9 Å². The molecule has 0 radical (unpaired) electrons. The quantitative estimate of drug-likeness (QED) is 0.118. The number of halogens is 6. The monoisotopic (exact) mass is 683 g/mol. The van der Waals surface area contributed by atoms with E-state index in [0.717, 1.165) is 0 Å². The van der Waals surface area contributed by atoms with Gasteiger partial charge in [0.2, 0.25) is 5.95 Å². The molecule has 16 heteroatoms. The predicted molar refractivity (Wildman–Crippen MR) is 161 cm³/mol. The molecule has 1 amide bonds. The van der Waals surface area contributed by atoms with Crippen LogP contribution < -0.4 is 15.0 Å². The fourth-order valence-corrected chi connectivity index (χ4v) is 5.31. The third-order valence-corrected chi connectivity index (χ3v) is 7.45. The zero-order valence-corrected chi connectivity index (χ0v) is 26.5. The minimum absolute atomic E-state index is 0.00735. The maximum Gasteiger partial charge on any atom is 0.416 e. The molecule has 2 atom stereocenters. The molecule has 260 valence electrons. The van der Waals surface area contributed by atoms with Crippen molar-refractivity contribution in [3.63, 3.8) is 0 Å². The fraction of sp³-hybridized carbons (Fsp3) is 0.469. The van der Waals surface area contributed by atoms with Gasteiger partial charge in [0, 0.05) is 25.1 Å². The summed E-state index contributed by atoms with van der Waals surface area (Å²) in [6.07, 6.45) is -7.07. The zero-order chi connectivity index (χ0) is 35.1. The number of nitrogens with one attached hydrogen (secondary N) is 1. The van der Waals surface area contributed by atoms with Gasteiger partial charge in [-0.05, 0) is 69.0 Å². The van der Waals surface area contributed by atoms with Gasteiger partial charge in [0.05, 0.1) is 60.3 Å². The number of hydrogen-bond donors (Lipinski definition) is 1. The second-order valence-electron chi connectivity index (χ2n) is 10.8. The van der Waals surface area contributed by atoms with Gasteiger partial charge >= 0.3 is 24.4 Å². The van der Waals surface area contributed by atoms with Crippen LogP contribution in [0.3, 0.4) is 0 Å². The van der Waals surface area contributed by atoms with Crippen LogP contribution in [-0.2, 0) is 33.0 Å². The summed E-state index contributed by atoms with van der Waals surface area (Å²) in [4.78, 5) is 39.3. The number of amides is 1. The van der Waals surface area contributed by atoms with E-state index >= 15 is 0 Å². The molecule has 2 aromatic heterocycles. The summed E-state index contributed by atoms with van der Waals surface area (Å²) in [5, 5.41) is 3.17. The molecule has 0 spiro atoms. The van der Waals surface area contributed by atoms with E-state index in [1.807, 2.05) is 6.92 Å². The molecular formula is C32H35F6N5O5. The number of pyridine rings is 1. The Bertz CT molecular complexity index is 1550. The van der Waals surface area contributed by atoms with Crippen LogP contribution in [0.2, 0.25) is 0 Å². The lowest BCUT2D eigenvalue weighted by Gasteiger charge is -2.39. The van der Waals surface area contributed by atoms with Gasteiger partial charge in [0.15, 0.2) is 5.75 Å². The predicted octanol–water partition coefficient (Wildman–Crippen LogP) is 7.52. The number of hydrogen-bond acceptors (Lipinski definition) is 9. The first-order chi connectivity index (χ1) is 22.7. The first kappa shape index (κ1) is 36.2. The van der Waals surface area contributed by atoms with Crippen LogP contribution in [0.15, 0.2) is 42.7 Å². The van der Waals surface area contributed by atoms with E-state index in [0.29, 0.717) is 36.4 Å². The van der Waals surface area contributed by atoms with Gasteiger partial charge in [0.1, 0.15) is 0 Å². The number of alkyl halides is 6. The number of carbonyl (C=O) groups is 2. The zero-order valence-electron chi connectivity index (χ0n) is 26.5. The molecule has 1 aliphatic heterocycles. The number of carbonyl (C=O) groups excluding carboxylic acids is 2. The molecule has 1 aromatic carbocycles. The van der Waals surface area contributed by atoms with E-state index < -0.39 is 48.0 Å². The number of anilines is 2. The van der Waals surface area contributed by atoms with E-state index in [4.69, 9.17) is 14.2 Å². The van der Waals surface area contributed by atoms with Gasteiger partial charge in [-0.3, -0.25) is 14.7 Å². The lowest BCUT2D eigenvalue weighted by atomic mass is 9.93. The molecule has 4 rings (SSSR count). The van der Waals surface area contributed by atoms with Crippen LogP contribution in [0.4, 0.5) is 42.8 Å². The van der Waals surface area contributed by atoms with Crippen molar-refractivity contribution in [3.05, 3.63) is 70.8 Å². The molecule has 0 bridgehead atoms. The Labute approximate surface area is 272 Å². The van der Waals surface area contributed by atoms with Gasteiger partial charge in [-0.25, -0.2) is 14.8 Å².